The van der Waals surface area contributed by atoms with E-state index in [2.05, 4.69) is 57.6 Å². The minimum absolute atomic E-state index is 0.0290. The number of amides is 1. The Hall–Kier alpha value is -3.07. The number of aliphatic hydroxyl groups excluding tert-OH is 1. The van der Waals surface area contributed by atoms with Crippen molar-refractivity contribution in [2.24, 2.45) is 0 Å². The van der Waals surface area contributed by atoms with Crippen molar-refractivity contribution in [1.29, 1.82) is 0 Å². The minimum Gasteiger partial charge on any atom is -0.392 e. The lowest BCUT2D eigenvalue weighted by Gasteiger charge is -2.40. The van der Waals surface area contributed by atoms with Crippen LogP contribution in [0.15, 0.2) is 78.9 Å². The van der Waals surface area contributed by atoms with E-state index in [0.29, 0.717) is 6.54 Å². The summed E-state index contributed by atoms with van der Waals surface area (Å²) in [6, 6.07) is 26.8. The van der Waals surface area contributed by atoms with E-state index in [1.54, 1.807) is 0 Å². The zero-order valence-corrected chi connectivity index (χ0v) is 22.7. The highest BCUT2D eigenvalue weighted by Crippen LogP contribution is 2.38. The van der Waals surface area contributed by atoms with Gasteiger partial charge < -0.3 is 19.9 Å². The number of benzene rings is 3. The highest BCUT2D eigenvalue weighted by Gasteiger charge is 2.33. The third kappa shape index (κ3) is 7.75. The lowest BCUT2D eigenvalue weighted by atomic mass is 9.99. The average Bonchev–Trinajstić information content (AvgIpc) is 2.98. The molecule has 39 heavy (non-hydrogen) atoms. The molecule has 0 bridgehead atoms. The third-order valence-corrected chi connectivity index (χ3v) is 7.58. The highest BCUT2D eigenvalue weighted by molar-refractivity contribution is 5.72. The second-order valence-electron chi connectivity index (χ2n) is 10.6. The van der Waals surface area contributed by atoms with Gasteiger partial charge in [-0.05, 0) is 22.3 Å². The van der Waals surface area contributed by atoms with Crippen LogP contribution < -0.4 is 5.32 Å². The molecular weight excluding hydrogens is 490 g/mol. The van der Waals surface area contributed by atoms with Gasteiger partial charge in [-0.15, -0.1) is 0 Å². The topological polar surface area (TPSA) is 74.3 Å². The SMILES string of the molecule is CC(=O)NCc1ccc([C@H]2O[C@@H](CN3CCN(Cc4ccccc4)CC3)C[C@@H](c3ccc(CO)cc3)O2)cc1. The maximum Gasteiger partial charge on any atom is 0.217 e. The second-order valence-corrected chi connectivity index (χ2v) is 10.6. The number of carbonyl (C=O) groups excluding carboxylic acids is 1. The fourth-order valence-corrected chi connectivity index (χ4v) is 5.31. The van der Waals surface area contributed by atoms with E-state index >= 15 is 0 Å². The van der Waals surface area contributed by atoms with Gasteiger partial charge >= 0.3 is 0 Å². The first-order valence-corrected chi connectivity index (χ1v) is 13.9. The third-order valence-electron chi connectivity index (χ3n) is 7.58. The fraction of sp³-hybridized carbons (Fsp3) is 0.406. The first-order chi connectivity index (χ1) is 19.1. The Morgan fingerprint density at radius 3 is 2.13 bits per heavy atom. The normalized spacial score (nSPS) is 22.5. The fourth-order valence-electron chi connectivity index (χ4n) is 5.31. The summed E-state index contributed by atoms with van der Waals surface area (Å²) in [5.74, 6) is -0.0446. The van der Waals surface area contributed by atoms with Gasteiger partial charge in [0.1, 0.15) is 0 Å². The van der Waals surface area contributed by atoms with Crippen LogP contribution >= 0.6 is 0 Å². The molecule has 0 radical (unpaired) electrons. The Labute approximate surface area is 231 Å². The number of piperazine rings is 1. The van der Waals surface area contributed by atoms with Crippen LogP contribution in [0.5, 0.6) is 0 Å². The van der Waals surface area contributed by atoms with Crippen LogP contribution in [0.1, 0.15) is 53.6 Å². The maximum absolute atomic E-state index is 11.3. The lowest BCUT2D eigenvalue weighted by molar-refractivity contribution is -0.253. The number of ether oxygens (including phenoxy) is 2. The molecule has 0 saturated carbocycles. The summed E-state index contributed by atoms with van der Waals surface area (Å²) in [7, 11) is 0. The summed E-state index contributed by atoms with van der Waals surface area (Å²) in [4.78, 5) is 16.3. The number of hydrogen-bond donors (Lipinski definition) is 2. The summed E-state index contributed by atoms with van der Waals surface area (Å²) >= 11 is 0. The van der Waals surface area contributed by atoms with Crippen molar-refractivity contribution in [3.05, 3.63) is 107 Å². The molecule has 2 N–H and O–H groups in total. The van der Waals surface area contributed by atoms with Crippen LogP contribution in [0.2, 0.25) is 0 Å². The first kappa shape index (κ1) is 27.5. The quantitative estimate of drug-likeness (QED) is 0.433. The van der Waals surface area contributed by atoms with Crippen LogP contribution in [-0.2, 0) is 34.0 Å². The maximum atomic E-state index is 11.3. The zero-order chi connectivity index (χ0) is 27.0. The number of aliphatic hydroxyl groups is 1. The van der Waals surface area contributed by atoms with E-state index in [4.69, 9.17) is 9.47 Å². The Morgan fingerprint density at radius 1 is 0.821 bits per heavy atom. The predicted molar refractivity (Wildman–Crippen MR) is 151 cm³/mol. The van der Waals surface area contributed by atoms with Crippen molar-refractivity contribution in [3.8, 4) is 0 Å². The van der Waals surface area contributed by atoms with Crippen molar-refractivity contribution in [2.75, 3.05) is 32.7 Å². The van der Waals surface area contributed by atoms with Crippen molar-refractivity contribution < 1.29 is 19.4 Å². The molecule has 3 atom stereocenters. The molecule has 5 rings (SSSR count). The van der Waals surface area contributed by atoms with E-state index in [0.717, 1.165) is 67.9 Å². The molecule has 2 fully saturated rings. The summed E-state index contributed by atoms with van der Waals surface area (Å²) in [5, 5.41) is 12.3. The van der Waals surface area contributed by atoms with Crippen LogP contribution in [0.25, 0.3) is 0 Å². The molecule has 206 valence electrons. The van der Waals surface area contributed by atoms with Crippen molar-refractivity contribution in [2.45, 2.75) is 51.5 Å². The highest BCUT2D eigenvalue weighted by atomic mass is 16.7. The molecule has 2 heterocycles. The van der Waals surface area contributed by atoms with Gasteiger partial charge in [0.2, 0.25) is 5.91 Å². The second kappa shape index (κ2) is 13.3. The monoisotopic (exact) mass is 529 g/mol. The number of rotatable bonds is 9. The van der Waals surface area contributed by atoms with E-state index in [1.165, 1.54) is 12.5 Å². The number of hydrogen-bond acceptors (Lipinski definition) is 6. The molecule has 0 aliphatic carbocycles. The van der Waals surface area contributed by atoms with Gasteiger partial charge in [0.05, 0.1) is 18.8 Å². The first-order valence-electron chi connectivity index (χ1n) is 13.9. The van der Waals surface area contributed by atoms with Crippen molar-refractivity contribution in [1.82, 2.24) is 15.1 Å². The molecule has 2 aliphatic rings. The summed E-state index contributed by atoms with van der Waals surface area (Å²) < 4.78 is 13.0. The summed E-state index contributed by atoms with van der Waals surface area (Å²) in [6.07, 6.45) is 0.242. The van der Waals surface area contributed by atoms with E-state index in [9.17, 15) is 9.90 Å². The molecule has 2 saturated heterocycles. The van der Waals surface area contributed by atoms with Gasteiger partial charge in [0, 0.05) is 64.7 Å². The van der Waals surface area contributed by atoms with Gasteiger partial charge in [-0.1, -0.05) is 78.9 Å². The van der Waals surface area contributed by atoms with E-state index in [-0.39, 0.29) is 24.7 Å². The largest absolute Gasteiger partial charge is 0.392 e. The molecule has 7 heteroatoms. The van der Waals surface area contributed by atoms with Crippen molar-refractivity contribution >= 4 is 5.91 Å². The molecule has 2 aliphatic heterocycles. The van der Waals surface area contributed by atoms with Crippen LogP contribution in [0.3, 0.4) is 0 Å². The molecule has 7 nitrogen and oxygen atoms in total. The molecule has 3 aromatic carbocycles. The Kier molecular flexibility index (Phi) is 9.40. The Balaban J connectivity index is 1.24. The van der Waals surface area contributed by atoms with Crippen LogP contribution in [-0.4, -0.2) is 59.6 Å². The van der Waals surface area contributed by atoms with Gasteiger partial charge in [-0.2, -0.15) is 0 Å². The van der Waals surface area contributed by atoms with Gasteiger partial charge in [0.15, 0.2) is 6.29 Å². The predicted octanol–water partition coefficient (Wildman–Crippen LogP) is 4.18. The zero-order valence-electron chi connectivity index (χ0n) is 22.7. The molecule has 0 unspecified atom stereocenters. The van der Waals surface area contributed by atoms with E-state index < -0.39 is 6.29 Å². The lowest BCUT2D eigenvalue weighted by Crippen LogP contribution is -2.49. The summed E-state index contributed by atoms with van der Waals surface area (Å²) in [6.45, 7) is 8.04. The molecule has 3 aromatic rings. The number of nitrogens with one attached hydrogen (secondary N) is 1. The molecule has 1 amide bonds. The van der Waals surface area contributed by atoms with Gasteiger partial charge in [-0.25, -0.2) is 0 Å². The van der Waals surface area contributed by atoms with E-state index in [1.807, 2.05) is 36.4 Å². The molecular formula is C32H39N3O4. The van der Waals surface area contributed by atoms with Gasteiger partial charge in [-0.3, -0.25) is 14.6 Å². The van der Waals surface area contributed by atoms with Crippen LogP contribution in [0.4, 0.5) is 0 Å². The number of nitrogens with zero attached hydrogens (tertiary/aromatic N) is 2. The van der Waals surface area contributed by atoms with Crippen molar-refractivity contribution in [3.63, 3.8) is 0 Å². The van der Waals surface area contributed by atoms with Crippen LogP contribution in [0, 0.1) is 0 Å². The number of carbonyl (C=O) groups is 1. The Bertz CT molecular complexity index is 1180. The van der Waals surface area contributed by atoms with Gasteiger partial charge in [0.25, 0.3) is 0 Å². The molecule has 0 aromatic heterocycles. The molecule has 0 spiro atoms. The average molecular weight is 530 g/mol. The standard InChI is InChI=1S/C32H39N3O4/c1-24(37)33-20-25-7-13-29(14-8-25)32-38-30(19-31(39-32)28-11-9-27(23-36)10-12-28)22-35-17-15-34(16-18-35)21-26-5-3-2-4-6-26/h2-14,30-32,36H,15-23H2,1H3,(H,33,37)/t30-,31+,32+/m1/s1. The Morgan fingerprint density at radius 2 is 1.46 bits per heavy atom. The smallest absolute Gasteiger partial charge is 0.217 e. The summed E-state index contributed by atoms with van der Waals surface area (Å²) in [5.41, 5.74) is 5.35. The minimum atomic E-state index is -0.472.